The Labute approximate surface area is 306 Å². The van der Waals surface area contributed by atoms with Gasteiger partial charge in [-0.25, -0.2) is 4.98 Å². The molecule has 0 aliphatic carbocycles. The molecule has 4 amide bonds. The van der Waals surface area contributed by atoms with E-state index in [-0.39, 0.29) is 62.4 Å². The molecule has 2 saturated heterocycles. The molecule has 270 valence electrons. The Kier molecular flexibility index (Phi) is 10.4. The van der Waals surface area contributed by atoms with E-state index in [2.05, 4.69) is 15.6 Å². The number of carbonyl (C=O) groups excluding carboxylic acids is 4. The van der Waals surface area contributed by atoms with E-state index in [4.69, 9.17) is 4.42 Å². The highest BCUT2D eigenvalue weighted by molar-refractivity contribution is 5.99. The summed E-state index contributed by atoms with van der Waals surface area (Å²) in [6.45, 7) is 0.213. The first-order valence-electron chi connectivity index (χ1n) is 17.5. The van der Waals surface area contributed by atoms with Crippen LogP contribution in [0.15, 0.2) is 120 Å². The van der Waals surface area contributed by atoms with Gasteiger partial charge in [-0.2, -0.15) is 0 Å². The van der Waals surface area contributed by atoms with Crippen LogP contribution in [0.3, 0.4) is 0 Å². The summed E-state index contributed by atoms with van der Waals surface area (Å²) in [5, 5.41) is 26.3. The molecule has 4 N–H and O–H groups in total. The van der Waals surface area contributed by atoms with Crippen LogP contribution in [0, 0.1) is 0 Å². The van der Waals surface area contributed by atoms with Crippen LogP contribution in [0.1, 0.15) is 24.0 Å². The predicted octanol–water partition coefficient (Wildman–Crippen LogP) is 4.29. The van der Waals surface area contributed by atoms with Crippen molar-refractivity contribution in [2.45, 2.75) is 50.0 Å². The molecular weight excluding hydrogens is 674 g/mol. The fourth-order valence-electron chi connectivity index (χ4n) is 6.83. The molecule has 7 rings (SSSR count). The molecule has 4 aromatic carbocycles. The third kappa shape index (κ3) is 8.35. The van der Waals surface area contributed by atoms with Crippen molar-refractivity contribution < 1.29 is 33.8 Å². The molecule has 3 heterocycles. The first kappa shape index (κ1) is 35.3. The summed E-state index contributed by atoms with van der Waals surface area (Å²) >= 11 is 0. The van der Waals surface area contributed by atoms with Gasteiger partial charge in [-0.1, -0.05) is 60.7 Å². The maximum atomic E-state index is 13.2. The Hall–Kier alpha value is -6.11. The Bertz CT molecular complexity index is 1920. The van der Waals surface area contributed by atoms with Crippen LogP contribution in [0.2, 0.25) is 0 Å². The molecular formula is C41H39N5O7. The molecule has 0 spiro atoms. The standard InChI is InChI=1S/C41H39N5O7/c47-32-21-34(45(24-32)37(49)19-26-7-3-1-4-8-26)39(51)43-30-15-11-28(12-16-30)36-23-42-41(53-36)29-13-17-31(18-14-29)44-40(52)35-22-33(48)25-46(35)38(50)20-27-9-5-2-6-10-27/h1-18,23,32-35,47-48H,19-22,24-25H2,(H,43,51)(H,44,52). The number of anilines is 2. The molecule has 4 unspecified atom stereocenters. The highest BCUT2D eigenvalue weighted by Gasteiger charge is 2.40. The second kappa shape index (κ2) is 15.6. The lowest BCUT2D eigenvalue weighted by Gasteiger charge is -2.24. The minimum Gasteiger partial charge on any atom is -0.436 e. The number of hydrogen-bond acceptors (Lipinski definition) is 8. The van der Waals surface area contributed by atoms with E-state index in [1.165, 1.54) is 9.80 Å². The lowest BCUT2D eigenvalue weighted by molar-refractivity contribution is -0.136. The molecule has 2 fully saturated rings. The molecule has 4 atom stereocenters. The molecule has 5 aromatic rings. The van der Waals surface area contributed by atoms with Crippen LogP contribution in [-0.2, 0) is 32.0 Å². The normalized spacial score (nSPS) is 19.6. The first-order valence-corrected chi connectivity index (χ1v) is 17.5. The lowest BCUT2D eigenvalue weighted by atomic mass is 10.1. The van der Waals surface area contributed by atoms with Gasteiger partial charge in [-0.05, 0) is 59.7 Å². The van der Waals surface area contributed by atoms with Gasteiger partial charge >= 0.3 is 0 Å². The van der Waals surface area contributed by atoms with Gasteiger partial charge in [0, 0.05) is 48.4 Å². The van der Waals surface area contributed by atoms with E-state index >= 15 is 0 Å². The molecule has 12 heteroatoms. The highest BCUT2D eigenvalue weighted by atomic mass is 16.4. The van der Waals surface area contributed by atoms with Crippen LogP contribution >= 0.6 is 0 Å². The van der Waals surface area contributed by atoms with E-state index in [1.54, 1.807) is 54.7 Å². The number of oxazole rings is 1. The number of carbonyl (C=O) groups is 4. The largest absolute Gasteiger partial charge is 0.436 e. The number of β-amino-alcohol motifs (C(OH)–C–C–N with tert-alkyl or cyclic N) is 2. The molecule has 1 aromatic heterocycles. The van der Waals surface area contributed by atoms with Crippen molar-refractivity contribution in [2.24, 2.45) is 0 Å². The van der Waals surface area contributed by atoms with Crippen molar-refractivity contribution in [3.8, 4) is 22.8 Å². The van der Waals surface area contributed by atoms with Gasteiger partial charge in [0.1, 0.15) is 12.1 Å². The van der Waals surface area contributed by atoms with E-state index in [1.807, 2.05) is 60.7 Å². The van der Waals surface area contributed by atoms with Gasteiger partial charge in [0.05, 0.1) is 31.2 Å². The number of nitrogens with zero attached hydrogens (tertiary/aromatic N) is 3. The Morgan fingerprint density at radius 2 is 1.06 bits per heavy atom. The van der Waals surface area contributed by atoms with Gasteiger partial charge in [0.2, 0.25) is 29.5 Å². The second-order valence-corrected chi connectivity index (χ2v) is 13.4. The quantitative estimate of drug-likeness (QED) is 0.167. The van der Waals surface area contributed by atoms with Gasteiger partial charge in [0.25, 0.3) is 0 Å². The molecule has 12 nitrogen and oxygen atoms in total. The number of likely N-dealkylation sites (tertiary alicyclic amines) is 2. The maximum absolute atomic E-state index is 13.2. The Balaban J connectivity index is 0.941. The van der Waals surface area contributed by atoms with Gasteiger partial charge in [0.15, 0.2) is 5.76 Å². The summed E-state index contributed by atoms with van der Waals surface area (Å²) < 4.78 is 6.03. The summed E-state index contributed by atoms with van der Waals surface area (Å²) in [5.41, 5.74) is 4.14. The number of nitrogens with one attached hydrogen (secondary N) is 2. The monoisotopic (exact) mass is 713 g/mol. The van der Waals surface area contributed by atoms with Crippen molar-refractivity contribution in [1.82, 2.24) is 14.8 Å². The number of amides is 4. The highest BCUT2D eigenvalue weighted by Crippen LogP contribution is 2.29. The first-order chi connectivity index (χ1) is 25.7. The fourth-order valence-corrected chi connectivity index (χ4v) is 6.83. The van der Waals surface area contributed by atoms with Crippen molar-refractivity contribution in [3.05, 3.63) is 127 Å². The van der Waals surface area contributed by atoms with E-state index < -0.39 is 24.3 Å². The topological polar surface area (TPSA) is 165 Å². The number of aliphatic hydroxyl groups excluding tert-OH is 2. The minimum absolute atomic E-state index is 0.106. The van der Waals surface area contributed by atoms with Gasteiger partial charge < -0.3 is 35.1 Å². The van der Waals surface area contributed by atoms with E-state index in [0.29, 0.717) is 28.6 Å². The zero-order valence-corrected chi connectivity index (χ0v) is 28.8. The van der Waals surface area contributed by atoms with Crippen LogP contribution in [0.5, 0.6) is 0 Å². The average molecular weight is 714 g/mol. The van der Waals surface area contributed by atoms with E-state index in [9.17, 15) is 29.4 Å². The summed E-state index contributed by atoms with van der Waals surface area (Å²) in [5.74, 6) is -0.298. The maximum Gasteiger partial charge on any atom is 0.247 e. The van der Waals surface area contributed by atoms with Crippen LogP contribution in [0.4, 0.5) is 11.4 Å². The number of benzene rings is 4. The molecule has 2 aliphatic rings. The average Bonchev–Trinajstić information content (AvgIpc) is 3.92. The van der Waals surface area contributed by atoms with Crippen LogP contribution < -0.4 is 10.6 Å². The van der Waals surface area contributed by atoms with Crippen molar-refractivity contribution >= 4 is 35.0 Å². The number of aromatic nitrogens is 1. The minimum atomic E-state index is -0.783. The smallest absolute Gasteiger partial charge is 0.247 e. The summed E-state index contributed by atoms with van der Waals surface area (Å²) in [4.78, 5) is 59.8. The van der Waals surface area contributed by atoms with Crippen LogP contribution in [-0.4, -0.2) is 86.0 Å². The molecule has 0 radical (unpaired) electrons. The lowest BCUT2D eigenvalue weighted by Crippen LogP contribution is -2.43. The van der Waals surface area contributed by atoms with Crippen molar-refractivity contribution in [1.29, 1.82) is 0 Å². The molecule has 0 bridgehead atoms. The zero-order valence-electron chi connectivity index (χ0n) is 28.8. The summed E-state index contributed by atoms with van der Waals surface area (Å²) in [6.07, 6.45) is 0.673. The predicted molar refractivity (Wildman–Crippen MR) is 197 cm³/mol. The van der Waals surface area contributed by atoms with Crippen molar-refractivity contribution in [3.63, 3.8) is 0 Å². The molecule has 0 saturated carbocycles. The Morgan fingerprint density at radius 3 is 1.51 bits per heavy atom. The number of aliphatic hydroxyl groups is 2. The third-order valence-electron chi connectivity index (χ3n) is 9.54. The zero-order chi connectivity index (χ0) is 36.9. The second-order valence-electron chi connectivity index (χ2n) is 13.4. The number of rotatable bonds is 10. The summed E-state index contributed by atoms with van der Waals surface area (Å²) in [7, 11) is 0. The van der Waals surface area contributed by atoms with Gasteiger partial charge in [-0.15, -0.1) is 0 Å². The molecule has 2 aliphatic heterocycles. The van der Waals surface area contributed by atoms with Crippen molar-refractivity contribution in [2.75, 3.05) is 23.7 Å². The molecule has 53 heavy (non-hydrogen) atoms. The van der Waals surface area contributed by atoms with Gasteiger partial charge in [-0.3, -0.25) is 19.2 Å². The third-order valence-corrected chi connectivity index (χ3v) is 9.54. The Morgan fingerprint density at radius 1 is 0.623 bits per heavy atom. The number of hydrogen-bond donors (Lipinski definition) is 4. The van der Waals surface area contributed by atoms with E-state index in [0.717, 1.165) is 16.7 Å². The SMILES string of the molecule is O=C(Nc1ccc(-c2cnc(-c3ccc(NC(=O)C4CC(O)CN4C(=O)Cc4ccccc4)cc3)o2)cc1)C1CC(O)CN1C(=O)Cc1ccccc1. The van der Waals surface area contributed by atoms with Crippen LogP contribution in [0.25, 0.3) is 22.8 Å². The fraction of sp³-hybridized carbons (Fsp3) is 0.244. The summed E-state index contributed by atoms with van der Waals surface area (Å²) in [6, 6.07) is 31.0.